The standard InChI is InChI=1S/C19H15F3N4O3/c20-19(21,22)18-24-16(25-29-18)13-2-1-3-14(10-13)28-15-6-9-26(11-15)17(27)12-4-7-23-8-5-12/h1-5,7-8,10,15H,6,9,11H2. The van der Waals surface area contributed by atoms with Gasteiger partial charge in [0.2, 0.25) is 5.82 Å². The molecule has 1 unspecified atom stereocenters. The molecular weight excluding hydrogens is 389 g/mol. The zero-order valence-electron chi connectivity index (χ0n) is 15.0. The number of ether oxygens (including phenoxy) is 1. The van der Waals surface area contributed by atoms with Gasteiger partial charge in [0.15, 0.2) is 0 Å². The van der Waals surface area contributed by atoms with Crippen LogP contribution in [-0.4, -0.2) is 45.1 Å². The molecule has 0 spiro atoms. The van der Waals surface area contributed by atoms with Gasteiger partial charge in [-0.25, -0.2) is 0 Å². The van der Waals surface area contributed by atoms with E-state index in [0.29, 0.717) is 36.4 Å². The van der Waals surface area contributed by atoms with Crippen LogP contribution in [0.4, 0.5) is 13.2 Å². The molecule has 1 amide bonds. The quantitative estimate of drug-likeness (QED) is 0.663. The van der Waals surface area contributed by atoms with Crippen molar-refractivity contribution in [2.45, 2.75) is 18.7 Å². The number of amides is 1. The summed E-state index contributed by atoms with van der Waals surface area (Å²) in [6.07, 6.45) is -1.17. The average Bonchev–Trinajstić information content (AvgIpc) is 3.38. The molecule has 1 aliphatic heterocycles. The van der Waals surface area contributed by atoms with Crippen molar-refractivity contribution in [3.8, 4) is 17.1 Å². The van der Waals surface area contributed by atoms with E-state index in [9.17, 15) is 18.0 Å². The van der Waals surface area contributed by atoms with Gasteiger partial charge >= 0.3 is 12.1 Å². The lowest BCUT2D eigenvalue weighted by Crippen LogP contribution is -2.30. The van der Waals surface area contributed by atoms with E-state index >= 15 is 0 Å². The molecule has 1 fully saturated rings. The molecule has 0 aliphatic carbocycles. The summed E-state index contributed by atoms with van der Waals surface area (Å²) in [4.78, 5) is 21.5. The van der Waals surface area contributed by atoms with Crippen molar-refractivity contribution in [1.29, 1.82) is 0 Å². The number of halogens is 3. The van der Waals surface area contributed by atoms with E-state index in [-0.39, 0.29) is 17.8 Å². The monoisotopic (exact) mass is 404 g/mol. The third-order valence-electron chi connectivity index (χ3n) is 4.42. The van der Waals surface area contributed by atoms with Crippen LogP contribution in [0.5, 0.6) is 5.75 Å². The van der Waals surface area contributed by atoms with Crippen LogP contribution in [-0.2, 0) is 6.18 Å². The second-order valence-electron chi connectivity index (χ2n) is 6.46. The van der Waals surface area contributed by atoms with Gasteiger partial charge in [-0.3, -0.25) is 9.78 Å². The molecule has 0 bridgehead atoms. The molecule has 150 valence electrons. The molecule has 10 heteroatoms. The van der Waals surface area contributed by atoms with Crippen LogP contribution < -0.4 is 4.74 Å². The van der Waals surface area contributed by atoms with Gasteiger partial charge in [-0.15, -0.1) is 0 Å². The molecular formula is C19H15F3N4O3. The van der Waals surface area contributed by atoms with E-state index in [1.54, 1.807) is 53.7 Å². The molecule has 29 heavy (non-hydrogen) atoms. The van der Waals surface area contributed by atoms with Gasteiger partial charge in [-0.2, -0.15) is 18.2 Å². The predicted octanol–water partition coefficient (Wildman–Crippen LogP) is 3.44. The van der Waals surface area contributed by atoms with Crippen LogP contribution in [0.3, 0.4) is 0 Å². The van der Waals surface area contributed by atoms with Crippen molar-refractivity contribution in [2.24, 2.45) is 0 Å². The Labute approximate surface area is 163 Å². The number of benzene rings is 1. The molecule has 1 atom stereocenters. The van der Waals surface area contributed by atoms with Crippen molar-refractivity contribution < 1.29 is 27.2 Å². The fraction of sp³-hybridized carbons (Fsp3) is 0.263. The minimum Gasteiger partial charge on any atom is -0.488 e. The van der Waals surface area contributed by atoms with E-state index in [1.165, 1.54) is 0 Å². The molecule has 4 rings (SSSR count). The lowest BCUT2D eigenvalue weighted by molar-refractivity contribution is -0.159. The topological polar surface area (TPSA) is 81.4 Å². The first-order valence-electron chi connectivity index (χ1n) is 8.77. The highest BCUT2D eigenvalue weighted by atomic mass is 19.4. The summed E-state index contributed by atoms with van der Waals surface area (Å²) in [6.45, 7) is 0.955. The smallest absolute Gasteiger partial charge is 0.471 e. The Morgan fingerprint density at radius 2 is 2.00 bits per heavy atom. The van der Waals surface area contributed by atoms with E-state index in [4.69, 9.17) is 4.74 Å². The zero-order chi connectivity index (χ0) is 20.4. The van der Waals surface area contributed by atoms with Crippen molar-refractivity contribution in [3.05, 3.63) is 60.2 Å². The molecule has 3 aromatic rings. The van der Waals surface area contributed by atoms with Crippen molar-refractivity contribution in [3.63, 3.8) is 0 Å². The number of likely N-dealkylation sites (tertiary alicyclic amines) is 1. The van der Waals surface area contributed by atoms with Gasteiger partial charge in [0.05, 0.1) is 6.54 Å². The number of alkyl halides is 3. The highest BCUT2D eigenvalue weighted by Crippen LogP contribution is 2.30. The molecule has 2 aromatic heterocycles. The number of hydrogen-bond acceptors (Lipinski definition) is 6. The average molecular weight is 404 g/mol. The van der Waals surface area contributed by atoms with Crippen molar-refractivity contribution in [1.82, 2.24) is 20.0 Å². The Bertz CT molecular complexity index is 1010. The van der Waals surface area contributed by atoms with Gasteiger partial charge in [0, 0.05) is 36.5 Å². The molecule has 1 aromatic carbocycles. The SMILES string of the molecule is O=C(c1ccncc1)N1CCC(Oc2cccc(-c3noc(C(F)(F)F)n3)c2)C1. The molecule has 0 saturated carbocycles. The minimum atomic E-state index is -4.70. The minimum absolute atomic E-state index is 0.0984. The van der Waals surface area contributed by atoms with Gasteiger partial charge in [-0.05, 0) is 24.3 Å². The highest BCUT2D eigenvalue weighted by Gasteiger charge is 2.38. The summed E-state index contributed by atoms with van der Waals surface area (Å²) in [7, 11) is 0. The Morgan fingerprint density at radius 3 is 2.72 bits per heavy atom. The summed E-state index contributed by atoms with van der Waals surface area (Å²) in [5, 5.41) is 3.37. The third kappa shape index (κ3) is 4.20. The Balaban J connectivity index is 1.42. The summed E-state index contributed by atoms with van der Waals surface area (Å²) in [5.74, 6) is -1.23. The molecule has 1 aliphatic rings. The van der Waals surface area contributed by atoms with Crippen LogP contribution in [0.15, 0.2) is 53.3 Å². The molecule has 0 N–H and O–H groups in total. The first-order chi connectivity index (χ1) is 13.9. The van der Waals surface area contributed by atoms with Crippen molar-refractivity contribution in [2.75, 3.05) is 13.1 Å². The lowest BCUT2D eigenvalue weighted by Gasteiger charge is -2.17. The number of hydrogen-bond donors (Lipinski definition) is 0. The van der Waals surface area contributed by atoms with Crippen LogP contribution in [0.25, 0.3) is 11.4 Å². The van der Waals surface area contributed by atoms with E-state index in [2.05, 4.69) is 19.6 Å². The molecule has 1 saturated heterocycles. The van der Waals surface area contributed by atoms with Crippen LogP contribution in [0, 0.1) is 0 Å². The summed E-state index contributed by atoms with van der Waals surface area (Å²) < 4.78 is 48.1. The summed E-state index contributed by atoms with van der Waals surface area (Å²) >= 11 is 0. The number of pyridine rings is 1. The highest BCUT2D eigenvalue weighted by molar-refractivity contribution is 5.94. The first kappa shape index (κ1) is 18.9. The van der Waals surface area contributed by atoms with E-state index in [1.807, 2.05) is 0 Å². The maximum absolute atomic E-state index is 12.6. The fourth-order valence-electron chi connectivity index (χ4n) is 3.04. The predicted molar refractivity (Wildman–Crippen MR) is 93.9 cm³/mol. The molecule has 0 radical (unpaired) electrons. The van der Waals surface area contributed by atoms with Gasteiger partial charge in [-0.1, -0.05) is 17.3 Å². The molecule has 7 nitrogen and oxygen atoms in total. The zero-order valence-corrected chi connectivity index (χ0v) is 15.0. The lowest BCUT2D eigenvalue weighted by atomic mass is 10.2. The molecule has 3 heterocycles. The second-order valence-corrected chi connectivity index (χ2v) is 6.46. The van der Waals surface area contributed by atoms with Crippen molar-refractivity contribution >= 4 is 5.91 Å². The number of carbonyl (C=O) groups is 1. The maximum Gasteiger partial charge on any atom is 0.471 e. The Kier molecular flexibility index (Phi) is 4.91. The van der Waals surface area contributed by atoms with Gasteiger partial charge in [0.25, 0.3) is 5.91 Å². The van der Waals surface area contributed by atoms with Gasteiger partial charge < -0.3 is 14.2 Å². The Morgan fingerprint density at radius 1 is 1.21 bits per heavy atom. The normalized spacial score (nSPS) is 16.8. The maximum atomic E-state index is 12.6. The first-order valence-corrected chi connectivity index (χ1v) is 8.77. The number of nitrogens with zero attached hydrogens (tertiary/aromatic N) is 4. The summed E-state index contributed by atoms with van der Waals surface area (Å²) in [6, 6.07) is 9.72. The third-order valence-corrected chi connectivity index (χ3v) is 4.42. The number of rotatable bonds is 4. The van der Waals surface area contributed by atoms with Crippen LogP contribution in [0.1, 0.15) is 22.7 Å². The summed E-state index contributed by atoms with van der Waals surface area (Å²) in [5.41, 5.74) is 0.893. The fourth-order valence-corrected chi connectivity index (χ4v) is 3.04. The van der Waals surface area contributed by atoms with Crippen LogP contribution >= 0.6 is 0 Å². The van der Waals surface area contributed by atoms with Gasteiger partial charge in [0.1, 0.15) is 11.9 Å². The second kappa shape index (κ2) is 7.53. The van der Waals surface area contributed by atoms with Crippen LogP contribution in [0.2, 0.25) is 0 Å². The Hall–Kier alpha value is -3.43. The van der Waals surface area contributed by atoms with E-state index in [0.717, 1.165) is 0 Å². The van der Waals surface area contributed by atoms with E-state index < -0.39 is 12.1 Å². The number of carbonyl (C=O) groups excluding carboxylic acids is 1. The largest absolute Gasteiger partial charge is 0.488 e. The number of aromatic nitrogens is 3.